The van der Waals surface area contributed by atoms with Gasteiger partial charge in [-0.2, -0.15) is 0 Å². The van der Waals surface area contributed by atoms with Crippen molar-refractivity contribution in [2.24, 2.45) is 11.8 Å². The highest BCUT2D eigenvalue weighted by atomic mass is 16.5. The molecule has 0 aromatic carbocycles. The minimum absolute atomic E-state index is 0.0264. The van der Waals surface area contributed by atoms with Crippen LogP contribution < -0.4 is 10.6 Å². The van der Waals surface area contributed by atoms with Gasteiger partial charge in [0.15, 0.2) is 5.78 Å². The summed E-state index contributed by atoms with van der Waals surface area (Å²) in [5.41, 5.74) is 0. The maximum Gasteiger partial charge on any atom is 0.318 e. The Kier molecular flexibility index (Phi) is 9.31. The van der Waals surface area contributed by atoms with Gasteiger partial charge >= 0.3 is 6.03 Å². The Bertz CT molecular complexity index is 646. The number of ketones is 1. The van der Waals surface area contributed by atoms with E-state index in [-0.39, 0.29) is 30.4 Å². The van der Waals surface area contributed by atoms with Crippen molar-refractivity contribution in [1.29, 1.82) is 0 Å². The van der Waals surface area contributed by atoms with Crippen molar-refractivity contribution < 1.29 is 23.9 Å². The highest BCUT2D eigenvalue weighted by Gasteiger charge is 2.39. The number of nitrogens with one attached hydrogen (secondary N) is 2. The molecule has 0 saturated carbocycles. The molecular weight excluding hydrogens is 412 g/mol. The predicted octanol–water partition coefficient (Wildman–Crippen LogP) is 1.02. The van der Waals surface area contributed by atoms with Crippen LogP contribution >= 0.6 is 0 Å². The number of Topliss-reactive ketones (excluding diaryl/α,β-unsaturated/α-hetero) is 1. The molecule has 3 aliphatic heterocycles. The lowest BCUT2D eigenvalue weighted by Crippen LogP contribution is -2.57. The number of hydrogen-bond acceptors (Lipinski definition) is 6. The number of likely N-dealkylation sites (tertiary alicyclic amines) is 1. The third-order valence-electron chi connectivity index (χ3n) is 7.05. The van der Waals surface area contributed by atoms with Gasteiger partial charge < -0.3 is 29.9 Å². The van der Waals surface area contributed by atoms with Crippen LogP contribution in [0.15, 0.2) is 0 Å². The summed E-state index contributed by atoms with van der Waals surface area (Å²) in [7, 11) is 0. The smallest absolute Gasteiger partial charge is 0.318 e. The number of carbonyl (C=O) groups excluding carboxylic acids is 3. The number of rotatable bonds is 9. The summed E-state index contributed by atoms with van der Waals surface area (Å²) in [6.07, 6.45) is 3.31. The summed E-state index contributed by atoms with van der Waals surface area (Å²) >= 11 is 0. The van der Waals surface area contributed by atoms with Gasteiger partial charge in [0.25, 0.3) is 0 Å². The van der Waals surface area contributed by atoms with E-state index in [4.69, 9.17) is 9.47 Å². The molecule has 3 rings (SSSR count). The van der Waals surface area contributed by atoms with Crippen molar-refractivity contribution in [3.63, 3.8) is 0 Å². The Balaban J connectivity index is 1.62. The van der Waals surface area contributed by atoms with Gasteiger partial charge in [-0.3, -0.25) is 9.59 Å². The molecule has 182 valence electrons. The first-order valence-electron chi connectivity index (χ1n) is 12.2. The van der Waals surface area contributed by atoms with Gasteiger partial charge in [-0.05, 0) is 50.6 Å². The van der Waals surface area contributed by atoms with Crippen molar-refractivity contribution >= 4 is 17.7 Å². The normalized spacial score (nSPS) is 26.4. The Morgan fingerprint density at radius 2 is 1.75 bits per heavy atom. The SMILES string of the molecule is CC(C)C(C)CC[C@H](NC(=O)N1CCOCC1)C(=O)NC1C(=O)COC1CN1CCCC1. The van der Waals surface area contributed by atoms with Crippen LogP contribution in [-0.2, 0) is 19.1 Å². The summed E-state index contributed by atoms with van der Waals surface area (Å²) in [6, 6.07) is -1.60. The molecular formula is C23H40N4O5. The van der Waals surface area contributed by atoms with E-state index < -0.39 is 12.1 Å². The molecule has 0 aromatic heterocycles. The predicted molar refractivity (Wildman–Crippen MR) is 120 cm³/mol. The lowest BCUT2D eigenvalue weighted by atomic mass is 9.91. The Morgan fingerprint density at radius 3 is 2.41 bits per heavy atom. The van der Waals surface area contributed by atoms with Crippen molar-refractivity contribution in [1.82, 2.24) is 20.4 Å². The Morgan fingerprint density at radius 1 is 1.06 bits per heavy atom. The Hall–Kier alpha value is -1.71. The fraction of sp³-hybridized carbons (Fsp3) is 0.870. The van der Waals surface area contributed by atoms with Crippen LogP contribution in [0.3, 0.4) is 0 Å². The third kappa shape index (κ3) is 6.89. The maximum atomic E-state index is 13.2. The molecule has 3 fully saturated rings. The van der Waals surface area contributed by atoms with Crippen LogP contribution in [0.1, 0.15) is 46.5 Å². The number of nitrogens with zero attached hydrogens (tertiary/aromatic N) is 2. The standard InChI is InChI=1S/C23H40N4O5/c1-16(2)17(3)6-7-18(24-23(30)27-10-12-31-13-11-27)22(29)25-21-19(28)15-32-20(21)14-26-8-4-5-9-26/h16-18,20-21H,4-15H2,1-3H3,(H,24,30)(H,25,29)/t17?,18-,20?,21?/m0/s1. The molecule has 32 heavy (non-hydrogen) atoms. The zero-order valence-corrected chi connectivity index (χ0v) is 19.8. The van der Waals surface area contributed by atoms with Crippen LogP contribution in [0.25, 0.3) is 0 Å². The number of amides is 3. The second-order valence-electron chi connectivity index (χ2n) is 9.71. The molecule has 0 bridgehead atoms. The van der Waals surface area contributed by atoms with E-state index in [0.717, 1.165) is 32.4 Å². The quantitative estimate of drug-likeness (QED) is 0.542. The molecule has 0 radical (unpaired) electrons. The van der Waals surface area contributed by atoms with Gasteiger partial charge in [0, 0.05) is 19.6 Å². The van der Waals surface area contributed by atoms with Crippen molar-refractivity contribution in [2.45, 2.75) is 64.6 Å². The second kappa shape index (κ2) is 12.0. The molecule has 2 N–H and O–H groups in total. The highest BCUT2D eigenvalue weighted by Crippen LogP contribution is 2.19. The third-order valence-corrected chi connectivity index (χ3v) is 7.05. The van der Waals surface area contributed by atoms with E-state index in [1.165, 1.54) is 0 Å². The molecule has 3 heterocycles. The second-order valence-corrected chi connectivity index (χ2v) is 9.71. The van der Waals surface area contributed by atoms with E-state index in [2.05, 4.69) is 36.3 Å². The fourth-order valence-electron chi connectivity index (χ4n) is 4.43. The highest BCUT2D eigenvalue weighted by molar-refractivity contribution is 5.94. The van der Waals surface area contributed by atoms with E-state index in [1.54, 1.807) is 4.90 Å². The summed E-state index contributed by atoms with van der Waals surface area (Å²) in [5, 5.41) is 5.83. The number of morpholine rings is 1. The van der Waals surface area contributed by atoms with E-state index in [0.29, 0.717) is 51.1 Å². The van der Waals surface area contributed by atoms with E-state index >= 15 is 0 Å². The lowest BCUT2D eigenvalue weighted by molar-refractivity contribution is -0.127. The molecule has 0 aromatic rings. The molecule has 0 spiro atoms. The largest absolute Gasteiger partial charge is 0.378 e. The molecule has 3 saturated heterocycles. The average Bonchev–Trinajstić information content (AvgIpc) is 3.42. The number of urea groups is 1. The minimum atomic E-state index is -0.688. The van der Waals surface area contributed by atoms with Crippen LogP contribution in [0.5, 0.6) is 0 Å². The maximum absolute atomic E-state index is 13.2. The van der Waals surface area contributed by atoms with Crippen molar-refractivity contribution in [3.8, 4) is 0 Å². The van der Waals surface area contributed by atoms with Gasteiger partial charge in [0.05, 0.1) is 19.3 Å². The molecule has 3 aliphatic rings. The summed E-state index contributed by atoms with van der Waals surface area (Å²) in [4.78, 5) is 42.4. The summed E-state index contributed by atoms with van der Waals surface area (Å²) in [6.45, 7) is 11.2. The van der Waals surface area contributed by atoms with Crippen LogP contribution in [0.4, 0.5) is 4.79 Å². The molecule has 9 heteroatoms. The van der Waals surface area contributed by atoms with Gasteiger partial charge in [-0.1, -0.05) is 20.8 Å². The van der Waals surface area contributed by atoms with Crippen molar-refractivity contribution in [3.05, 3.63) is 0 Å². The van der Waals surface area contributed by atoms with Gasteiger partial charge in [0.1, 0.15) is 18.7 Å². The first kappa shape index (κ1) is 24.9. The number of carbonyl (C=O) groups is 3. The lowest BCUT2D eigenvalue weighted by Gasteiger charge is -2.30. The summed E-state index contributed by atoms with van der Waals surface area (Å²) < 4.78 is 11.0. The van der Waals surface area contributed by atoms with Gasteiger partial charge in [-0.15, -0.1) is 0 Å². The molecule has 0 aliphatic carbocycles. The first-order valence-corrected chi connectivity index (χ1v) is 12.2. The summed E-state index contributed by atoms with van der Waals surface area (Å²) in [5.74, 6) is 0.502. The minimum Gasteiger partial charge on any atom is -0.378 e. The van der Waals surface area contributed by atoms with E-state index in [9.17, 15) is 14.4 Å². The van der Waals surface area contributed by atoms with Crippen LogP contribution in [0, 0.1) is 11.8 Å². The van der Waals surface area contributed by atoms with Gasteiger partial charge in [0.2, 0.25) is 5.91 Å². The zero-order valence-electron chi connectivity index (χ0n) is 19.8. The average molecular weight is 453 g/mol. The molecule has 3 unspecified atom stereocenters. The zero-order chi connectivity index (χ0) is 23.1. The monoisotopic (exact) mass is 452 g/mol. The van der Waals surface area contributed by atoms with E-state index in [1.807, 2.05) is 0 Å². The molecule has 3 amide bonds. The number of hydrogen-bond donors (Lipinski definition) is 2. The Labute approximate surface area is 191 Å². The van der Waals surface area contributed by atoms with Gasteiger partial charge in [-0.25, -0.2) is 4.79 Å². The first-order chi connectivity index (χ1) is 15.3. The van der Waals surface area contributed by atoms with Crippen LogP contribution in [0.2, 0.25) is 0 Å². The van der Waals surface area contributed by atoms with Crippen molar-refractivity contribution in [2.75, 3.05) is 52.5 Å². The fourth-order valence-corrected chi connectivity index (χ4v) is 4.43. The molecule has 9 nitrogen and oxygen atoms in total. The topological polar surface area (TPSA) is 100 Å². The number of ether oxygens (including phenoxy) is 2. The van der Waals surface area contributed by atoms with Crippen LogP contribution in [-0.4, -0.2) is 98.3 Å². The molecule has 4 atom stereocenters.